The lowest BCUT2D eigenvalue weighted by atomic mass is 9.75. The van der Waals surface area contributed by atoms with E-state index in [0.29, 0.717) is 5.92 Å². The number of benzene rings is 1. The van der Waals surface area contributed by atoms with Gasteiger partial charge in [0.05, 0.1) is 0 Å². The molecule has 0 aromatic heterocycles. The Balaban J connectivity index is 2.84. The van der Waals surface area contributed by atoms with Gasteiger partial charge in [-0.15, -0.1) is 0 Å². The lowest BCUT2D eigenvalue weighted by Crippen LogP contribution is -2.48. The van der Waals surface area contributed by atoms with Crippen LogP contribution in [0.15, 0.2) is 24.3 Å². The highest BCUT2D eigenvalue weighted by molar-refractivity contribution is 5.26. The number of hydrazine groups is 1. The highest BCUT2D eigenvalue weighted by Crippen LogP contribution is 2.30. The third-order valence-electron chi connectivity index (χ3n) is 3.69. The van der Waals surface area contributed by atoms with E-state index in [4.69, 9.17) is 5.84 Å². The van der Waals surface area contributed by atoms with E-state index in [0.717, 1.165) is 18.4 Å². The molecule has 0 saturated heterocycles. The van der Waals surface area contributed by atoms with E-state index in [1.807, 2.05) is 12.1 Å². The monoisotopic (exact) mass is 252 g/mol. The molecule has 3 N–H and O–H groups in total. The van der Waals surface area contributed by atoms with Crippen LogP contribution in [0.5, 0.6) is 0 Å². The van der Waals surface area contributed by atoms with Crippen molar-refractivity contribution in [1.82, 2.24) is 5.43 Å². The molecule has 0 aliphatic carbocycles. The van der Waals surface area contributed by atoms with E-state index in [1.165, 1.54) is 12.1 Å². The molecule has 0 bridgehead atoms. The molecule has 0 heterocycles. The summed E-state index contributed by atoms with van der Waals surface area (Å²) in [4.78, 5) is 0. The predicted molar refractivity (Wildman–Crippen MR) is 74.6 cm³/mol. The summed E-state index contributed by atoms with van der Waals surface area (Å²) in [5.74, 6) is 6.15. The van der Waals surface area contributed by atoms with Crippen molar-refractivity contribution in [2.45, 2.75) is 52.0 Å². The molecule has 1 rings (SSSR count). The summed E-state index contributed by atoms with van der Waals surface area (Å²) in [5, 5.41) is 0. The zero-order valence-corrected chi connectivity index (χ0v) is 11.8. The van der Waals surface area contributed by atoms with Gasteiger partial charge in [0.15, 0.2) is 0 Å². The number of nitrogens with two attached hydrogens (primary N) is 1. The molecule has 1 aromatic rings. The number of halogens is 1. The molecule has 18 heavy (non-hydrogen) atoms. The second-order valence-corrected chi connectivity index (χ2v) is 5.92. The summed E-state index contributed by atoms with van der Waals surface area (Å²) < 4.78 is 13.0. The van der Waals surface area contributed by atoms with E-state index in [-0.39, 0.29) is 17.3 Å². The number of nitrogens with one attached hydrogen (secondary N) is 1. The van der Waals surface area contributed by atoms with Crippen molar-refractivity contribution in [2.24, 2.45) is 11.8 Å². The second-order valence-electron chi connectivity index (χ2n) is 5.92. The van der Waals surface area contributed by atoms with Gasteiger partial charge in [0.1, 0.15) is 5.82 Å². The lowest BCUT2D eigenvalue weighted by molar-refractivity contribution is 0.307. The van der Waals surface area contributed by atoms with Gasteiger partial charge in [-0.25, -0.2) is 4.39 Å². The zero-order valence-electron chi connectivity index (χ0n) is 11.8. The van der Waals surface area contributed by atoms with Gasteiger partial charge in [0.25, 0.3) is 0 Å². The number of hydrogen-bond acceptors (Lipinski definition) is 2. The van der Waals surface area contributed by atoms with Gasteiger partial charge < -0.3 is 0 Å². The first kappa shape index (κ1) is 15.1. The first-order valence-electron chi connectivity index (χ1n) is 6.60. The van der Waals surface area contributed by atoms with E-state index in [1.54, 1.807) is 0 Å². The lowest BCUT2D eigenvalue weighted by Gasteiger charge is -2.35. The molecule has 0 spiro atoms. The van der Waals surface area contributed by atoms with Crippen molar-refractivity contribution in [1.29, 1.82) is 0 Å². The van der Waals surface area contributed by atoms with Crippen molar-refractivity contribution >= 4 is 0 Å². The molecular formula is C15H25FN2. The highest BCUT2D eigenvalue weighted by Gasteiger charge is 2.30. The number of hydrogen-bond donors (Lipinski definition) is 2. The summed E-state index contributed by atoms with van der Waals surface area (Å²) >= 11 is 0. The fourth-order valence-corrected chi connectivity index (χ4v) is 2.23. The molecular weight excluding hydrogens is 227 g/mol. The van der Waals surface area contributed by atoms with Crippen LogP contribution in [0.4, 0.5) is 4.39 Å². The fraction of sp³-hybridized carbons (Fsp3) is 0.600. The van der Waals surface area contributed by atoms with Crippen LogP contribution in [0.25, 0.3) is 0 Å². The van der Waals surface area contributed by atoms with Crippen LogP contribution in [0, 0.1) is 11.7 Å². The first-order valence-corrected chi connectivity index (χ1v) is 6.60. The summed E-state index contributed by atoms with van der Waals surface area (Å²) in [7, 11) is 0. The second kappa shape index (κ2) is 6.30. The van der Waals surface area contributed by atoms with Crippen molar-refractivity contribution in [3.63, 3.8) is 0 Å². The van der Waals surface area contributed by atoms with Gasteiger partial charge in [0, 0.05) is 11.5 Å². The molecule has 0 fully saturated rings. The van der Waals surface area contributed by atoms with Crippen molar-refractivity contribution < 1.29 is 4.39 Å². The molecule has 0 amide bonds. The van der Waals surface area contributed by atoms with E-state index >= 15 is 0 Å². The van der Waals surface area contributed by atoms with Gasteiger partial charge in [-0.1, -0.05) is 39.8 Å². The molecule has 3 heteroatoms. The van der Waals surface area contributed by atoms with Crippen LogP contribution in [-0.2, 0) is 5.41 Å². The molecule has 0 radical (unpaired) electrons. The molecule has 1 aromatic carbocycles. The Kier molecular flexibility index (Phi) is 5.29. The van der Waals surface area contributed by atoms with E-state index < -0.39 is 0 Å². The average molecular weight is 252 g/mol. The van der Waals surface area contributed by atoms with E-state index in [9.17, 15) is 4.39 Å². The van der Waals surface area contributed by atoms with Gasteiger partial charge in [-0.3, -0.25) is 11.3 Å². The maximum Gasteiger partial charge on any atom is 0.123 e. The van der Waals surface area contributed by atoms with Gasteiger partial charge in [0.2, 0.25) is 0 Å². The SMILES string of the molecule is CC(C)CCC(NN)C(C)(C)c1ccc(F)cc1. The topological polar surface area (TPSA) is 38.0 Å². The predicted octanol–water partition coefficient (Wildman–Crippen LogP) is 3.37. The van der Waals surface area contributed by atoms with Crippen LogP contribution in [0.3, 0.4) is 0 Å². The maximum atomic E-state index is 13.0. The minimum atomic E-state index is -0.200. The Morgan fingerprint density at radius 1 is 1.17 bits per heavy atom. The summed E-state index contributed by atoms with van der Waals surface area (Å²) in [6.45, 7) is 8.70. The van der Waals surface area contributed by atoms with Gasteiger partial charge >= 0.3 is 0 Å². The normalized spacial score (nSPS) is 13.9. The fourth-order valence-electron chi connectivity index (χ4n) is 2.23. The summed E-state index contributed by atoms with van der Waals surface area (Å²) in [5.41, 5.74) is 3.91. The van der Waals surface area contributed by atoms with Crippen molar-refractivity contribution in [2.75, 3.05) is 0 Å². The molecule has 2 nitrogen and oxygen atoms in total. The average Bonchev–Trinajstić information content (AvgIpc) is 2.29. The molecule has 1 atom stereocenters. The third-order valence-corrected chi connectivity index (χ3v) is 3.69. The summed E-state index contributed by atoms with van der Waals surface area (Å²) in [6.07, 6.45) is 2.14. The quantitative estimate of drug-likeness (QED) is 0.602. The zero-order chi connectivity index (χ0) is 13.8. The van der Waals surface area contributed by atoms with Crippen LogP contribution in [0.2, 0.25) is 0 Å². The van der Waals surface area contributed by atoms with Crippen LogP contribution < -0.4 is 11.3 Å². The molecule has 0 saturated carbocycles. The minimum Gasteiger partial charge on any atom is -0.271 e. The Morgan fingerprint density at radius 3 is 2.17 bits per heavy atom. The van der Waals surface area contributed by atoms with Crippen LogP contribution >= 0.6 is 0 Å². The molecule has 102 valence electrons. The Morgan fingerprint density at radius 2 is 1.72 bits per heavy atom. The largest absolute Gasteiger partial charge is 0.271 e. The van der Waals surface area contributed by atoms with Crippen LogP contribution in [-0.4, -0.2) is 6.04 Å². The number of rotatable bonds is 6. The Bertz CT molecular complexity index is 357. The molecule has 1 unspecified atom stereocenters. The van der Waals surface area contributed by atoms with Gasteiger partial charge in [-0.05, 0) is 36.5 Å². The first-order chi connectivity index (χ1) is 8.37. The van der Waals surface area contributed by atoms with Gasteiger partial charge in [-0.2, -0.15) is 0 Å². The van der Waals surface area contributed by atoms with Crippen molar-refractivity contribution in [3.05, 3.63) is 35.6 Å². The third kappa shape index (κ3) is 3.79. The molecule has 0 aliphatic rings. The standard InChI is InChI=1S/C15H25FN2/c1-11(2)5-10-14(18-17)15(3,4)12-6-8-13(16)9-7-12/h6-9,11,14,18H,5,10,17H2,1-4H3. The minimum absolute atomic E-state index is 0.114. The molecule has 0 aliphatic heterocycles. The Labute approximate surface area is 110 Å². The highest BCUT2D eigenvalue weighted by atomic mass is 19.1. The maximum absolute atomic E-state index is 13.0. The van der Waals surface area contributed by atoms with Crippen molar-refractivity contribution in [3.8, 4) is 0 Å². The Hall–Kier alpha value is -0.930. The summed E-state index contributed by atoms with van der Waals surface area (Å²) in [6, 6.07) is 6.88. The smallest absolute Gasteiger partial charge is 0.123 e. The van der Waals surface area contributed by atoms with Crippen LogP contribution in [0.1, 0.15) is 46.1 Å². The van der Waals surface area contributed by atoms with E-state index in [2.05, 4.69) is 33.1 Å².